The summed E-state index contributed by atoms with van der Waals surface area (Å²) in [5, 5.41) is 3.30. The van der Waals surface area contributed by atoms with Crippen LogP contribution in [0.4, 0.5) is 0 Å². The topological polar surface area (TPSA) is 29.9 Å². The maximum Gasteiger partial charge on any atom is 0.0951 e. The number of rotatable bonds is 3. The average Bonchev–Trinajstić information content (AvgIpc) is 2.64. The van der Waals surface area contributed by atoms with Crippen molar-refractivity contribution < 1.29 is 0 Å². The molecule has 0 saturated carbocycles. The SMILES string of the molecule is Brc1cccc(Cn2cncc2C2CNC2)c1. The van der Waals surface area contributed by atoms with Crippen LogP contribution >= 0.6 is 15.9 Å². The van der Waals surface area contributed by atoms with Gasteiger partial charge in [-0.3, -0.25) is 0 Å². The summed E-state index contributed by atoms with van der Waals surface area (Å²) in [5.41, 5.74) is 2.63. The maximum absolute atomic E-state index is 4.27. The predicted octanol–water partition coefficient (Wildman–Crippen LogP) is 2.38. The highest BCUT2D eigenvalue weighted by Crippen LogP contribution is 2.21. The van der Waals surface area contributed by atoms with E-state index in [9.17, 15) is 0 Å². The van der Waals surface area contributed by atoms with Crippen molar-refractivity contribution >= 4 is 15.9 Å². The number of hydrogen-bond acceptors (Lipinski definition) is 2. The van der Waals surface area contributed by atoms with Crippen LogP contribution in [-0.2, 0) is 6.54 Å². The molecule has 2 heterocycles. The molecule has 0 unspecified atom stereocenters. The summed E-state index contributed by atoms with van der Waals surface area (Å²) in [5.74, 6) is 0.629. The summed E-state index contributed by atoms with van der Waals surface area (Å²) in [4.78, 5) is 4.27. The van der Waals surface area contributed by atoms with Gasteiger partial charge in [0.1, 0.15) is 0 Å². The fourth-order valence-electron chi connectivity index (χ4n) is 2.13. The first-order valence-electron chi connectivity index (χ1n) is 5.78. The average molecular weight is 292 g/mol. The van der Waals surface area contributed by atoms with Gasteiger partial charge in [-0.15, -0.1) is 0 Å². The lowest BCUT2D eigenvalue weighted by atomic mass is 10.00. The van der Waals surface area contributed by atoms with Gasteiger partial charge in [-0.2, -0.15) is 0 Å². The Morgan fingerprint density at radius 1 is 1.41 bits per heavy atom. The van der Waals surface area contributed by atoms with Gasteiger partial charge in [-0.25, -0.2) is 4.98 Å². The van der Waals surface area contributed by atoms with Crippen LogP contribution in [0, 0.1) is 0 Å². The highest BCUT2D eigenvalue weighted by atomic mass is 79.9. The van der Waals surface area contributed by atoms with Crippen molar-refractivity contribution in [2.24, 2.45) is 0 Å². The summed E-state index contributed by atoms with van der Waals surface area (Å²) in [6, 6.07) is 8.42. The zero-order chi connectivity index (χ0) is 11.7. The maximum atomic E-state index is 4.27. The van der Waals surface area contributed by atoms with E-state index in [-0.39, 0.29) is 0 Å². The minimum absolute atomic E-state index is 0.629. The largest absolute Gasteiger partial charge is 0.330 e. The Morgan fingerprint density at radius 3 is 3.00 bits per heavy atom. The summed E-state index contributed by atoms with van der Waals surface area (Å²) in [6.07, 6.45) is 3.91. The third-order valence-electron chi connectivity index (χ3n) is 3.19. The normalized spacial score (nSPS) is 15.8. The summed E-state index contributed by atoms with van der Waals surface area (Å²) in [7, 11) is 0. The van der Waals surface area contributed by atoms with Gasteiger partial charge in [0.05, 0.1) is 6.33 Å². The number of aromatic nitrogens is 2. The fourth-order valence-corrected chi connectivity index (χ4v) is 2.58. The Labute approximate surface area is 109 Å². The van der Waals surface area contributed by atoms with Gasteiger partial charge in [0.15, 0.2) is 0 Å². The molecule has 3 nitrogen and oxygen atoms in total. The van der Waals surface area contributed by atoms with Crippen molar-refractivity contribution in [2.45, 2.75) is 12.5 Å². The fraction of sp³-hybridized carbons (Fsp3) is 0.308. The van der Waals surface area contributed by atoms with Crippen LogP contribution in [0.3, 0.4) is 0 Å². The van der Waals surface area contributed by atoms with E-state index >= 15 is 0 Å². The van der Waals surface area contributed by atoms with Crippen LogP contribution < -0.4 is 5.32 Å². The van der Waals surface area contributed by atoms with E-state index in [4.69, 9.17) is 0 Å². The molecule has 0 radical (unpaired) electrons. The van der Waals surface area contributed by atoms with Crippen molar-refractivity contribution in [1.29, 1.82) is 0 Å². The smallest absolute Gasteiger partial charge is 0.0951 e. The number of hydrogen-bond donors (Lipinski definition) is 1. The predicted molar refractivity (Wildman–Crippen MR) is 71.1 cm³/mol. The number of halogens is 1. The van der Waals surface area contributed by atoms with Crippen LogP contribution in [0.15, 0.2) is 41.3 Å². The second-order valence-electron chi connectivity index (χ2n) is 4.43. The molecule has 0 amide bonds. The molecule has 1 aromatic carbocycles. The van der Waals surface area contributed by atoms with Gasteiger partial charge < -0.3 is 9.88 Å². The van der Waals surface area contributed by atoms with Crippen LogP contribution in [0.1, 0.15) is 17.2 Å². The molecule has 1 fully saturated rings. The number of nitrogens with one attached hydrogen (secondary N) is 1. The quantitative estimate of drug-likeness (QED) is 0.941. The lowest BCUT2D eigenvalue weighted by molar-refractivity contribution is 0.427. The minimum atomic E-state index is 0.629. The van der Waals surface area contributed by atoms with E-state index in [1.54, 1.807) is 0 Å². The van der Waals surface area contributed by atoms with Crippen LogP contribution in [0.2, 0.25) is 0 Å². The molecular formula is C13H14BrN3. The van der Waals surface area contributed by atoms with E-state index in [1.165, 1.54) is 11.3 Å². The van der Waals surface area contributed by atoms with E-state index in [0.29, 0.717) is 5.92 Å². The van der Waals surface area contributed by atoms with Gasteiger partial charge in [-0.05, 0) is 17.7 Å². The number of nitrogens with zero attached hydrogens (tertiary/aromatic N) is 2. The monoisotopic (exact) mass is 291 g/mol. The van der Waals surface area contributed by atoms with Crippen LogP contribution in [-0.4, -0.2) is 22.6 Å². The second-order valence-corrected chi connectivity index (χ2v) is 5.35. The van der Waals surface area contributed by atoms with E-state index in [1.807, 2.05) is 18.6 Å². The van der Waals surface area contributed by atoms with Crippen molar-refractivity contribution in [3.05, 3.63) is 52.5 Å². The third kappa shape index (κ3) is 2.28. The molecule has 0 aliphatic carbocycles. The molecule has 1 N–H and O–H groups in total. The Kier molecular flexibility index (Phi) is 2.99. The van der Waals surface area contributed by atoms with E-state index in [2.05, 4.69) is 49.0 Å². The molecule has 0 spiro atoms. The van der Waals surface area contributed by atoms with E-state index in [0.717, 1.165) is 24.1 Å². The molecule has 0 bridgehead atoms. The first kappa shape index (κ1) is 11.0. The first-order chi connectivity index (χ1) is 8.33. The van der Waals surface area contributed by atoms with Crippen molar-refractivity contribution in [2.75, 3.05) is 13.1 Å². The Balaban J connectivity index is 1.82. The molecule has 1 aromatic heterocycles. The zero-order valence-electron chi connectivity index (χ0n) is 9.44. The molecule has 1 saturated heterocycles. The molecule has 88 valence electrons. The van der Waals surface area contributed by atoms with E-state index < -0.39 is 0 Å². The van der Waals surface area contributed by atoms with Crippen molar-refractivity contribution in [3.63, 3.8) is 0 Å². The molecule has 1 aliphatic heterocycles. The highest BCUT2D eigenvalue weighted by molar-refractivity contribution is 9.10. The molecule has 17 heavy (non-hydrogen) atoms. The van der Waals surface area contributed by atoms with Gasteiger partial charge in [0.25, 0.3) is 0 Å². The summed E-state index contributed by atoms with van der Waals surface area (Å²) >= 11 is 3.50. The standard InChI is InChI=1S/C13H14BrN3/c14-12-3-1-2-10(4-12)8-17-9-16-7-13(17)11-5-15-6-11/h1-4,7,9,11,15H,5-6,8H2. The van der Waals surface area contributed by atoms with Gasteiger partial charge in [0.2, 0.25) is 0 Å². The molecule has 0 atom stereocenters. The Morgan fingerprint density at radius 2 is 2.29 bits per heavy atom. The van der Waals surface area contributed by atoms with Crippen LogP contribution in [0.5, 0.6) is 0 Å². The third-order valence-corrected chi connectivity index (χ3v) is 3.68. The Bertz CT molecular complexity index is 517. The molecule has 3 rings (SSSR count). The summed E-state index contributed by atoms with van der Waals surface area (Å²) in [6.45, 7) is 3.04. The van der Waals surface area contributed by atoms with Gasteiger partial charge >= 0.3 is 0 Å². The molecule has 2 aromatic rings. The van der Waals surface area contributed by atoms with Gasteiger partial charge in [-0.1, -0.05) is 28.1 Å². The van der Waals surface area contributed by atoms with Crippen molar-refractivity contribution in [3.8, 4) is 0 Å². The Hall–Kier alpha value is -1.13. The zero-order valence-corrected chi connectivity index (χ0v) is 11.0. The number of imidazole rings is 1. The minimum Gasteiger partial charge on any atom is -0.330 e. The molecular weight excluding hydrogens is 278 g/mol. The molecule has 1 aliphatic rings. The number of benzene rings is 1. The first-order valence-corrected chi connectivity index (χ1v) is 6.57. The van der Waals surface area contributed by atoms with Gasteiger partial charge in [0, 0.05) is 41.9 Å². The second kappa shape index (κ2) is 4.63. The lowest BCUT2D eigenvalue weighted by Crippen LogP contribution is -2.40. The van der Waals surface area contributed by atoms with Crippen molar-refractivity contribution in [1.82, 2.24) is 14.9 Å². The van der Waals surface area contributed by atoms with Crippen LogP contribution in [0.25, 0.3) is 0 Å². The summed E-state index contributed by atoms with van der Waals surface area (Å²) < 4.78 is 3.37. The lowest BCUT2D eigenvalue weighted by Gasteiger charge is -2.27. The highest BCUT2D eigenvalue weighted by Gasteiger charge is 2.22. The molecule has 4 heteroatoms.